The highest BCUT2D eigenvalue weighted by Crippen LogP contribution is 2.27. The van der Waals surface area contributed by atoms with Gasteiger partial charge in [0.2, 0.25) is 0 Å². The number of carbonyl (C=O) groups excluding carboxylic acids is 17. The van der Waals surface area contributed by atoms with E-state index in [-0.39, 0.29) is 153 Å². The molecule has 0 rings (SSSR count). The van der Waals surface area contributed by atoms with Gasteiger partial charge in [0.05, 0.1) is 43.7 Å². The first kappa shape index (κ1) is 165. The lowest BCUT2D eigenvalue weighted by atomic mass is 9.88. The summed E-state index contributed by atoms with van der Waals surface area (Å²) in [7, 11) is 0.164. The van der Waals surface area contributed by atoms with Crippen LogP contribution in [-0.2, 0) is 115 Å². The third kappa shape index (κ3) is 130. The molecule has 0 heterocycles. The summed E-state index contributed by atoms with van der Waals surface area (Å²) in [6.45, 7) is 98.0. The van der Waals surface area contributed by atoms with Crippen molar-refractivity contribution >= 4 is 109 Å². The van der Waals surface area contributed by atoms with E-state index < -0.39 is 20.0 Å². The lowest BCUT2D eigenvalue weighted by molar-refractivity contribution is -0.164. The van der Waals surface area contributed by atoms with E-state index >= 15 is 0 Å². The van der Waals surface area contributed by atoms with E-state index in [2.05, 4.69) is 25.5 Å². The first-order valence-corrected chi connectivity index (χ1v) is 54.3. The molecule has 0 atom stereocenters. The molecule has 0 spiro atoms. The number of ketones is 15. The topological polar surface area (TPSA) is 370 Å². The minimum absolute atomic E-state index is 0.0857. The number of hydrogen-bond donors (Lipinski definition) is 0. The van der Waals surface area contributed by atoms with Crippen molar-refractivity contribution < 1.29 is 114 Å². The summed E-state index contributed by atoms with van der Waals surface area (Å²) in [5, 5.41) is 0. The highest BCUT2D eigenvalue weighted by Gasteiger charge is 2.31. The second-order valence-corrected chi connectivity index (χ2v) is 54.1. The molecule has 0 aliphatic rings. The first-order chi connectivity index (χ1) is 63.4. The van der Waals surface area contributed by atoms with Gasteiger partial charge in [0.15, 0.2) is 15.6 Å². The van der Waals surface area contributed by atoms with Crippen LogP contribution in [0.25, 0.3) is 0 Å². The first-order valence-electron chi connectivity index (χ1n) is 52.4. The van der Waals surface area contributed by atoms with Crippen molar-refractivity contribution in [3.63, 3.8) is 0 Å². The van der Waals surface area contributed by atoms with Gasteiger partial charge in [0, 0.05) is 156 Å². The van der Waals surface area contributed by atoms with Gasteiger partial charge in [0.25, 0.3) is 0 Å². The lowest BCUT2D eigenvalue weighted by Gasteiger charge is -2.25. The van der Waals surface area contributed by atoms with E-state index in [0.717, 1.165) is 64.2 Å². The molecule has 0 radical (unpaired) electrons. The van der Waals surface area contributed by atoms with Gasteiger partial charge in [-0.2, -0.15) is 0 Å². The summed E-state index contributed by atoms with van der Waals surface area (Å²) in [5.41, 5.74) is -3.05. The van der Waals surface area contributed by atoms with Crippen LogP contribution in [0, 0.1) is 65.0 Å². The maximum absolute atomic E-state index is 11.5. The summed E-state index contributed by atoms with van der Waals surface area (Å²) < 4.78 is 45.6. The van der Waals surface area contributed by atoms with Crippen molar-refractivity contribution in [3.05, 3.63) is 0 Å². The molecular formula is C118H228O24S. The van der Waals surface area contributed by atoms with E-state index in [0.29, 0.717) is 121 Å². The Morgan fingerprint density at radius 3 is 0.587 bits per heavy atom. The Balaban J connectivity index is -0.000000117. The van der Waals surface area contributed by atoms with Gasteiger partial charge in [0.1, 0.15) is 93.2 Å². The van der Waals surface area contributed by atoms with Crippen LogP contribution in [0.2, 0.25) is 0 Å². The highest BCUT2D eigenvalue weighted by atomic mass is 32.2. The fourth-order valence-electron chi connectivity index (χ4n) is 8.38. The Morgan fingerprint density at radius 2 is 0.413 bits per heavy atom. The number of unbranched alkanes of at least 4 members (excludes halogenated alkanes) is 8. The molecule has 0 aromatic carbocycles. The predicted octanol–water partition coefficient (Wildman–Crippen LogP) is 29.1. The van der Waals surface area contributed by atoms with Gasteiger partial charge in [-0.15, -0.1) is 0 Å². The van der Waals surface area contributed by atoms with Gasteiger partial charge in [-0.1, -0.05) is 288 Å². The molecule has 0 saturated heterocycles. The highest BCUT2D eigenvalue weighted by molar-refractivity contribution is 7.92. The molecule has 0 N–H and O–H groups in total. The minimum Gasteiger partial charge on any atom is -0.469 e. The van der Waals surface area contributed by atoms with Crippen molar-refractivity contribution in [2.45, 2.75) is 543 Å². The number of carbonyl (C=O) groups is 17. The number of rotatable bonds is 41. The fourth-order valence-corrected chi connectivity index (χ4v) is 8.38. The number of methoxy groups -OCH3 is 2. The van der Waals surface area contributed by atoms with Crippen LogP contribution in [0.1, 0.15) is 533 Å². The fraction of sp³-hybridized carbons (Fsp3) is 0.856. The molecule has 0 aliphatic heterocycles. The van der Waals surface area contributed by atoms with Crippen LogP contribution in [0.15, 0.2) is 0 Å². The number of sulfone groups is 1. The van der Waals surface area contributed by atoms with E-state index in [1.807, 2.05) is 270 Å². The molecule has 143 heavy (non-hydrogen) atoms. The maximum Gasteiger partial charge on any atom is 0.311 e. The summed E-state index contributed by atoms with van der Waals surface area (Å²) in [5.74, 6) is 3.23. The molecule has 0 aromatic rings. The molecule has 0 amide bonds. The molecule has 850 valence electrons. The molecule has 0 saturated carbocycles. The molecule has 0 unspecified atom stereocenters. The average molecular weight is 2060 g/mol. The standard InChI is InChI=1S/C11H22O4.C11H20O3.C11H20O2.2C10H18O2.3C10H20O.C9H18O2.C9H16O2.2C6H12O.C5H12O2S/c1-11(2,3)10(12)9-15-8-7-14-6-5-13-4;1-11(2,3)9(12)7-5-6-8-10(13)14-4;1-9(12)7-5-6-8-10(13)11(2,3)4;2*1-8(11)6-5-7-9(12)10(2,3)4;3*1-5-6-7-8-9(11)10(2,3)4;1-8(2,3)7(10)11-9(4,5)6;1-7(10)5-6-8(11)9(2,3)4;2*1-5(7)6(2,3)4;1-5(2,3)8(4,6)7/h5-9H2,1-4H3;5-8H2,1-4H3;5-8H2,1-4H3;2*5-7H2,1-4H3;3*5-8H2,1-4H3;1-6H3;5-6H2,1-4H3;2*1-4H3;1-4H3. The molecule has 0 bridgehead atoms. The van der Waals surface area contributed by atoms with Gasteiger partial charge < -0.3 is 42.9 Å². The third-order valence-corrected chi connectivity index (χ3v) is 23.1. The zero-order chi connectivity index (χ0) is 117. The summed E-state index contributed by atoms with van der Waals surface area (Å²) in [6, 6.07) is 0. The van der Waals surface area contributed by atoms with Crippen LogP contribution in [0.3, 0.4) is 0 Å². The molecular weight excluding hydrogens is 1830 g/mol. The van der Waals surface area contributed by atoms with E-state index in [4.69, 9.17) is 18.9 Å². The molecule has 0 aliphatic carbocycles. The summed E-state index contributed by atoms with van der Waals surface area (Å²) in [6.07, 6.45) is 23.5. The Bertz CT molecular complexity index is 3510. The van der Waals surface area contributed by atoms with Crippen molar-refractivity contribution in [2.24, 2.45) is 65.0 Å². The van der Waals surface area contributed by atoms with E-state index in [1.165, 1.54) is 58.8 Å². The Kier molecular flexibility index (Phi) is 95.2. The SMILES string of the molecule is CC(=O)C(C)(C)C.CC(=O)C(C)(C)C.CC(=O)CCC(=O)C(C)(C)C.CC(=O)CCCC(=O)C(C)(C)C.CC(=O)CCCC(=O)C(C)(C)C.CC(=O)CCCCC(=O)C(C)(C)C.CC(C)(C)OC(=O)C(C)(C)C.CC(C)(C)S(C)(=O)=O.CCCCCC(=O)C(C)(C)C.CCCCCC(=O)C(C)(C)C.CCCCCC(=O)C(C)(C)C.COC(=O)CCCCC(=O)C(C)(C)C.COCCOCCOCC(=O)C(C)(C)C. The smallest absolute Gasteiger partial charge is 0.311 e. The summed E-state index contributed by atoms with van der Waals surface area (Å²) in [4.78, 5) is 187. The Morgan fingerprint density at radius 1 is 0.224 bits per heavy atom. The van der Waals surface area contributed by atoms with Crippen molar-refractivity contribution in [3.8, 4) is 0 Å². The minimum atomic E-state index is -2.84. The van der Waals surface area contributed by atoms with Crippen molar-refractivity contribution in [2.75, 3.05) is 53.5 Å². The van der Waals surface area contributed by atoms with Crippen LogP contribution in [0.5, 0.6) is 0 Å². The van der Waals surface area contributed by atoms with Crippen LogP contribution < -0.4 is 0 Å². The van der Waals surface area contributed by atoms with Crippen molar-refractivity contribution in [1.29, 1.82) is 0 Å². The van der Waals surface area contributed by atoms with Crippen LogP contribution >= 0.6 is 0 Å². The largest absolute Gasteiger partial charge is 0.469 e. The van der Waals surface area contributed by atoms with Crippen LogP contribution in [0.4, 0.5) is 0 Å². The Labute approximate surface area is 878 Å². The number of hydrogen-bond acceptors (Lipinski definition) is 24. The van der Waals surface area contributed by atoms with Gasteiger partial charge in [-0.3, -0.25) is 62.3 Å². The quantitative estimate of drug-likeness (QED) is 0.0405. The second kappa shape index (κ2) is 82.7. The predicted molar refractivity (Wildman–Crippen MR) is 595 cm³/mol. The molecule has 25 heteroatoms. The Hall–Kier alpha value is -6.18. The van der Waals surface area contributed by atoms with Crippen LogP contribution in [-0.4, -0.2) is 171 Å². The normalized spacial score (nSPS) is 11.7. The number of ether oxygens (including phenoxy) is 5. The zero-order valence-corrected chi connectivity index (χ0v) is 104. The summed E-state index contributed by atoms with van der Waals surface area (Å²) >= 11 is 0. The van der Waals surface area contributed by atoms with Crippen molar-refractivity contribution in [1.82, 2.24) is 0 Å². The zero-order valence-electron chi connectivity index (χ0n) is 103. The number of Topliss-reactive ketones (excluding diaryl/α,β-unsaturated/α-hetero) is 15. The second-order valence-electron chi connectivity index (χ2n) is 51.3. The van der Waals surface area contributed by atoms with Gasteiger partial charge in [-0.05, 0) is 162 Å². The van der Waals surface area contributed by atoms with Gasteiger partial charge >= 0.3 is 11.9 Å². The monoisotopic (exact) mass is 2060 g/mol. The maximum atomic E-state index is 11.5. The lowest BCUT2D eigenvalue weighted by Crippen LogP contribution is -2.31. The molecule has 0 fully saturated rings. The van der Waals surface area contributed by atoms with E-state index in [9.17, 15) is 89.9 Å². The van der Waals surface area contributed by atoms with Gasteiger partial charge in [-0.25, -0.2) is 8.42 Å². The van der Waals surface area contributed by atoms with E-state index in [1.54, 1.807) is 62.5 Å². The third-order valence-electron chi connectivity index (χ3n) is 20.8. The average Bonchev–Trinajstić information content (AvgIpc) is 0.867. The molecule has 0 aromatic heterocycles. The number of esters is 2. The molecule has 24 nitrogen and oxygen atoms in total.